The van der Waals surface area contributed by atoms with Crippen LogP contribution in [0, 0.1) is 5.82 Å². The van der Waals surface area contributed by atoms with E-state index in [2.05, 4.69) is 21.2 Å². The molecule has 0 aliphatic heterocycles. The number of benzene rings is 1. The third-order valence-electron chi connectivity index (χ3n) is 2.27. The van der Waals surface area contributed by atoms with Gasteiger partial charge in [0.25, 0.3) is 0 Å². The molecular weight excluding hydrogens is 311 g/mol. The van der Waals surface area contributed by atoms with Gasteiger partial charge in [0.2, 0.25) is 10.0 Å². The summed E-state index contributed by atoms with van der Waals surface area (Å²) in [4.78, 5) is 0. The number of sulfonamides is 1. The number of hydrogen-bond acceptors (Lipinski definition) is 3. The van der Waals surface area contributed by atoms with Gasteiger partial charge in [0, 0.05) is 17.1 Å². The summed E-state index contributed by atoms with van der Waals surface area (Å²) in [5, 5.41) is 7.89. The number of hydrogen-bond donors (Lipinski definition) is 2. The molecule has 0 saturated heterocycles. The molecule has 7 heteroatoms. The van der Waals surface area contributed by atoms with Gasteiger partial charge in [-0.2, -0.15) is 0 Å². The summed E-state index contributed by atoms with van der Waals surface area (Å²) in [6, 6.07) is 4.28. The molecule has 0 heterocycles. The van der Waals surface area contributed by atoms with Gasteiger partial charge >= 0.3 is 0 Å². The Hall–Kier alpha value is -0.500. The average molecular weight is 325 g/mol. The molecule has 0 amide bonds. The van der Waals surface area contributed by atoms with Crippen LogP contribution in [0.5, 0.6) is 0 Å². The third-order valence-corrected chi connectivity index (χ3v) is 3.73. The van der Waals surface area contributed by atoms with Crippen LogP contribution < -0.4 is 10.5 Å². The van der Waals surface area contributed by atoms with Gasteiger partial charge in [-0.05, 0) is 24.6 Å². The minimum Gasteiger partial charge on any atom is -0.309 e. The van der Waals surface area contributed by atoms with Crippen LogP contribution in [0.15, 0.2) is 22.7 Å². The molecule has 1 aromatic rings. The van der Waals surface area contributed by atoms with Crippen molar-refractivity contribution in [2.24, 2.45) is 5.14 Å². The van der Waals surface area contributed by atoms with Crippen LogP contribution in [-0.4, -0.2) is 20.7 Å². The third kappa shape index (κ3) is 5.12. The highest BCUT2D eigenvalue weighted by atomic mass is 79.9. The monoisotopic (exact) mass is 324 g/mol. The first-order valence-corrected chi connectivity index (χ1v) is 7.49. The van der Waals surface area contributed by atoms with Crippen molar-refractivity contribution in [1.29, 1.82) is 0 Å². The van der Waals surface area contributed by atoms with Crippen molar-refractivity contribution in [1.82, 2.24) is 5.32 Å². The second kappa shape index (κ2) is 5.90. The Morgan fingerprint density at radius 1 is 1.53 bits per heavy atom. The topological polar surface area (TPSA) is 72.2 Å². The SMILES string of the molecule is CC(NCCS(N)(=O)=O)c1ccc(F)cc1Br. The summed E-state index contributed by atoms with van der Waals surface area (Å²) in [5.41, 5.74) is 0.862. The molecule has 1 atom stereocenters. The van der Waals surface area contributed by atoms with Crippen molar-refractivity contribution < 1.29 is 12.8 Å². The maximum atomic E-state index is 12.9. The summed E-state index contributed by atoms with van der Waals surface area (Å²) >= 11 is 3.26. The van der Waals surface area contributed by atoms with Crippen LogP contribution in [0.4, 0.5) is 4.39 Å². The first-order valence-electron chi connectivity index (χ1n) is 4.98. The lowest BCUT2D eigenvalue weighted by Gasteiger charge is -2.15. The van der Waals surface area contributed by atoms with Crippen molar-refractivity contribution in [2.75, 3.05) is 12.3 Å². The zero-order valence-corrected chi connectivity index (χ0v) is 11.7. The van der Waals surface area contributed by atoms with E-state index in [0.717, 1.165) is 5.56 Å². The van der Waals surface area contributed by atoms with Gasteiger partial charge in [-0.25, -0.2) is 17.9 Å². The normalized spacial score (nSPS) is 13.6. The van der Waals surface area contributed by atoms with Crippen LogP contribution >= 0.6 is 15.9 Å². The second-order valence-corrected chi connectivity index (χ2v) is 6.30. The zero-order chi connectivity index (χ0) is 13.1. The van der Waals surface area contributed by atoms with Gasteiger partial charge < -0.3 is 5.32 Å². The van der Waals surface area contributed by atoms with Gasteiger partial charge in [-0.1, -0.05) is 22.0 Å². The van der Waals surface area contributed by atoms with Crippen molar-refractivity contribution in [3.8, 4) is 0 Å². The van der Waals surface area contributed by atoms with E-state index in [9.17, 15) is 12.8 Å². The molecule has 0 saturated carbocycles. The molecule has 4 nitrogen and oxygen atoms in total. The van der Waals surface area contributed by atoms with Crippen molar-refractivity contribution in [2.45, 2.75) is 13.0 Å². The largest absolute Gasteiger partial charge is 0.309 e. The smallest absolute Gasteiger partial charge is 0.210 e. The average Bonchev–Trinajstić information content (AvgIpc) is 2.15. The second-order valence-electron chi connectivity index (χ2n) is 3.71. The van der Waals surface area contributed by atoms with Crippen molar-refractivity contribution >= 4 is 26.0 Å². The maximum absolute atomic E-state index is 12.9. The van der Waals surface area contributed by atoms with E-state index >= 15 is 0 Å². The molecule has 0 spiro atoms. The number of nitrogens with two attached hydrogens (primary N) is 1. The highest BCUT2D eigenvalue weighted by Crippen LogP contribution is 2.23. The van der Waals surface area contributed by atoms with Crippen LogP contribution in [0.1, 0.15) is 18.5 Å². The number of rotatable bonds is 5. The fourth-order valence-electron chi connectivity index (χ4n) is 1.38. The first kappa shape index (κ1) is 14.6. The van der Waals surface area contributed by atoms with Gasteiger partial charge in [0.05, 0.1) is 5.75 Å². The molecule has 0 aliphatic carbocycles. The lowest BCUT2D eigenvalue weighted by atomic mass is 10.1. The molecular formula is C10H14BrFN2O2S. The fraction of sp³-hybridized carbons (Fsp3) is 0.400. The number of primary sulfonamides is 1. The Morgan fingerprint density at radius 2 is 2.18 bits per heavy atom. The van der Waals surface area contributed by atoms with E-state index in [1.807, 2.05) is 6.92 Å². The Bertz CT molecular complexity index is 493. The van der Waals surface area contributed by atoms with Crippen LogP contribution in [-0.2, 0) is 10.0 Å². The maximum Gasteiger partial charge on any atom is 0.210 e. The lowest BCUT2D eigenvalue weighted by Crippen LogP contribution is -2.29. The first-order chi connectivity index (χ1) is 7.79. The minimum absolute atomic E-state index is 0.0910. The Morgan fingerprint density at radius 3 is 2.71 bits per heavy atom. The van der Waals surface area contributed by atoms with Crippen LogP contribution in [0.3, 0.4) is 0 Å². The van der Waals surface area contributed by atoms with Gasteiger partial charge in [0.1, 0.15) is 5.82 Å². The van der Waals surface area contributed by atoms with E-state index in [-0.39, 0.29) is 24.2 Å². The van der Waals surface area contributed by atoms with E-state index in [1.54, 1.807) is 6.07 Å². The minimum atomic E-state index is -3.45. The number of nitrogens with one attached hydrogen (secondary N) is 1. The molecule has 1 aromatic carbocycles. The van der Waals surface area contributed by atoms with Gasteiger partial charge in [0.15, 0.2) is 0 Å². The molecule has 1 unspecified atom stereocenters. The standard InChI is InChI=1S/C10H14BrFN2O2S/c1-7(14-4-5-17(13,15)16)9-3-2-8(12)6-10(9)11/h2-3,6-7,14H,4-5H2,1H3,(H2,13,15,16). The lowest BCUT2D eigenvalue weighted by molar-refractivity contribution is 0.570. The molecule has 1 rings (SSSR count). The van der Waals surface area contributed by atoms with Gasteiger partial charge in [-0.3, -0.25) is 0 Å². The molecule has 17 heavy (non-hydrogen) atoms. The molecule has 0 aromatic heterocycles. The molecule has 0 radical (unpaired) electrons. The summed E-state index contributed by atoms with van der Waals surface area (Å²) < 4.78 is 35.0. The van der Waals surface area contributed by atoms with E-state index in [4.69, 9.17) is 5.14 Å². The van der Waals surface area contributed by atoms with Gasteiger partial charge in [-0.15, -0.1) is 0 Å². The summed E-state index contributed by atoms with van der Waals surface area (Å²) in [6.07, 6.45) is 0. The molecule has 0 aliphatic rings. The van der Waals surface area contributed by atoms with Crippen molar-refractivity contribution in [3.05, 3.63) is 34.1 Å². The highest BCUT2D eigenvalue weighted by Gasteiger charge is 2.10. The molecule has 0 bridgehead atoms. The zero-order valence-electron chi connectivity index (χ0n) is 9.28. The Labute approximate surface area is 109 Å². The van der Waals surface area contributed by atoms with Crippen LogP contribution in [0.25, 0.3) is 0 Å². The summed E-state index contributed by atoms with van der Waals surface area (Å²) in [7, 11) is -3.45. The summed E-state index contributed by atoms with van der Waals surface area (Å²) in [5.74, 6) is -0.451. The quantitative estimate of drug-likeness (QED) is 0.862. The van der Waals surface area contributed by atoms with E-state index in [1.165, 1.54) is 12.1 Å². The van der Waals surface area contributed by atoms with Crippen molar-refractivity contribution in [3.63, 3.8) is 0 Å². The molecule has 0 fully saturated rings. The summed E-state index contributed by atoms with van der Waals surface area (Å²) in [6.45, 7) is 2.12. The predicted octanol–water partition coefficient (Wildman–Crippen LogP) is 1.53. The van der Waals surface area contributed by atoms with Crippen LogP contribution in [0.2, 0.25) is 0 Å². The molecule has 96 valence electrons. The molecule has 3 N–H and O–H groups in total. The fourth-order valence-corrected chi connectivity index (χ4v) is 2.48. The number of halogens is 2. The van der Waals surface area contributed by atoms with E-state index in [0.29, 0.717) is 4.47 Å². The highest BCUT2D eigenvalue weighted by molar-refractivity contribution is 9.10. The van der Waals surface area contributed by atoms with E-state index < -0.39 is 10.0 Å². The Balaban J connectivity index is 2.61. The Kier molecular flexibility index (Phi) is 5.05. The predicted molar refractivity (Wildman–Crippen MR) is 68.5 cm³/mol.